The van der Waals surface area contributed by atoms with Crippen molar-refractivity contribution in [1.29, 1.82) is 5.26 Å². The summed E-state index contributed by atoms with van der Waals surface area (Å²) in [5.74, 6) is -0.852. The molecule has 20 heavy (non-hydrogen) atoms. The quantitative estimate of drug-likeness (QED) is 0.668. The van der Waals surface area contributed by atoms with Crippen molar-refractivity contribution >= 4 is 5.69 Å². The lowest BCUT2D eigenvalue weighted by molar-refractivity contribution is -0.387. The van der Waals surface area contributed by atoms with E-state index in [0.717, 1.165) is 32.2 Å². The van der Waals surface area contributed by atoms with Gasteiger partial charge < -0.3 is 5.32 Å². The Hall–Kier alpha value is -2.04. The number of benzene rings is 1. The fraction of sp³-hybridized carbons (Fsp3) is 0.462. The number of nitro groups is 1. The van der Waals surface area contributed by atoms with Gasteiger partial charge in [0.2, 0.25) is 5.82 Å². The molecule has 1 aliphatic heterocycles. The molecule has 2 rings (SSSR count). The molecule has 0 saturated carbocycles. The molecular weight excluding hydrogens is 263 g/mol. The minimum Gasteiger partial charge on any atom is -0.314 e. The average molecular weight is 278 g/mol. The molecule has 0 aromatic heterocycles. The van der Waals surface area contributed by atoms with Crippen molar-refractivity contribution in [3.63, 3.8) is 0 Å². The first kappa shape index (κ1) is 14.4. The monoisotopic (exact) mass is 278 g/mol. The van der Waals surface area contributed by atoms with Gasteiger partial charge in [-0.3, -0.25) is 15.0 Å². The summed E-state index contributed by atoms with van der Waals surface area (Å²) >= 11 is 0. The Morgan fingerprint density at radius 2 is 2.20 bits per heavy atom. The number of hydrogen-bond acceptors (Lipinski definition) is 5. The number of halogens is 1. The second-order valence-electron chi connectivity index (χ2n) is 4.63. The van der Waals surface area contributed by atoms with E-state index in [0.29, 0.717) is 5.56 Å². The second kappa shape index (κ2) is 6.41. The van der Waals surface area contributed by atoms with Gasteiger partial charge in [-0.05, 0) is 11.6 Å². The fourth-order valence-corrected chi connectivity index (χ4v) is 2.41. The molecule has 1 aromatic rings. The average Bonchev–Trinajstić information content (AvgIpc) is 2.46. The standard InChI is InChI=1S/C13H15FN4O2/c14-11-2-1-10(9-13(11)18(19)20)12(3-4-15)17-7-5-16-6-8-17/h1-2,9,12,16H,3,5-8H2/t12-/m0/s1. The third kappa shape index (κ3) is 3.10. The second-order valence-corrected chi connectivity index (χ2v) is 4.63. The van der Waals surface area contributed by atoms with E-state index in [2.05, 4.69) is 16.3 Å². The zero-order valence-electron chi connectivity index (χ0n) is 10.9. The highest BCUT2D eigenvalue weighted by atomic mass is 19.1. The minimum absolute atomic E-state index is 0.225. The highest BCUT2D eigenvalue weighted by Crippen LogP contribution is 2.28. The highest BCUT2D eigenvalue weighted by Gasteiger charge is 2.25. The van der Waals surface area contributed by atoms with Crippen LogP contribution in [0.3, 0.4) is 0 Å². The molecule has 1 N–H and O–H groups in total. The van der Waals surface area contributed by atoms with E-state index in [1.807, 2.05) is 0 Å². The molecule has 0 aliphatic carbocycles. The number of nitro benzene ring substituents is 1. The molecule has 1 heterocycles. The lowest BCUT2D eigenvalue weighted by Crippen LogP contribution is -2.45. The van der Waals surface area contributed by atoms with Crippen LogP contribution in [0, 0.1) is 27.3 Å². The summed E-state index contributed by atoms with van der Waals surface area (Å²) in [6, 6.07) is 5.72. The lowest BCUT2D eigenvalue weighted by atomic mass is 10.0. The van der Waals surface area contributed by atoms with Crippen LogP contribution in [-0.4, -0.2) is 36.0 Å². The van der Waals surface area contributed by atoms with Crippen molar-refractivity contribution in [2.75, 3.05) is 26.2 Å². The van der Waals surface area contributed by atoms with Crippen molar-refractivity contribution in [3.8, 4) is 6.07 Å². The first-order chi connectivity index (χ1) is 9.63. The molecule has 1 aliphatic rings. The van der Waals surface area contributed by atoms with Crippen molar-refractivity contribution in [1.82, 2.24) is 10.2 Å². The smallest absolute Gasteiger partial charge is 0.305 e. The van der Waals surface area contributed by atoms with Gasteiger partial charge in [-0.15, -0.1) is 0 Å². The van der Waals surface area contributed by atoms with Gasteiger partial charge in [0, 0.05) is 38.3 Å². The fourth-order valence-electron chi connectivity index (χ4n) is 2.41. The maximum atomic E-state index is 13.4. The first-order valence-electron chi connectivity index (χ1n) is 6.39. The topological polar surface area (TPSA) is 82.2 Å². The summed E-state index contributed by atoms with van der Waals surface area (Å²) in [5.41, 5.74) is 0.0714. The molecule has 7 heteroatoms. The summed E-state index contributed by atoms with van der Waals surface area (Å²) in [4.78, 5) is 12.2. The summed E-state index contributed by atoms with van der Waals surface area (Å²) in [6.45, 7) is 3.14. The van der Waals surface area contributed by atoms with E-state index in [9.17, 15) is 14.5 Å². The Labute approximate surface area is 116 Å². The van der Waals surface area contributed by atoms with E-state index >= 15 is 0 Å². The van der Waals surface area contributed by atoms with Gasteiger partial charge >= 0.3 is 5.69 Å². The largest absolute Gasteiger partial charge is 0.314 e. The van der Waals surface area contributed by atoms with Crippen LogP contribution in [0.2, 0.25) is 0 Å². The van der Waals surface area contributed by atoms with Gasteiger partial charge in [-0.1, -0.05) is 6.07 Å². The van der Waals surface area contributed by atoms with Crippen LogP contribution in [0.4, 0.5) is 10.1 Å². The van der Waals surface area contributed by atoms with Crippen molar-refractivity contribution in [2.24, 2.45) is 0 Å². The Kier molecular flexibility index (Phi) is 4.61. The van der Waals surface area contributed by atoms with Crippen molar-refractivity contribution in [2.45, 2.75) is 12.5 Å². The molecule has 1 atom stereocenters. The Morgan fingerprint density at radius 3 is 2.80 bits per heavy atom. The van der Waals surface area contributed by atoms with Crippen LogP contribution in [0.25, 0.3) is 0 Å². The van der Waals surface area contributed by atoms with Crippen LogP contribution < -0.4 is 5.32 Å². The predicted molar refractivity (Wildman–Crippen MR) is 70.5 cm³/mol. The first-order valence-corrected chi connectivity index (χ1v) is 6.39. The number of nitrogens with zero attached hydrogens (tertiary/aromatic N) is 3. The van der Waals surface area contributed by atoms with E-state index in [1.54, 1.807) is 0 Å². The molecule has 106 valence electrons. The van der Waals surface area contributed by atoms with Crippen LogP contribution in [0.5, 0.6) is 0 Å². The van der Waals surface area contributed by atoms with E-state index in [-0.39, 0.29) is 12.5 Å². The molecule has 1 aromatic carbocycles. The summed E-state index contributed by atoms with van der Waals surface area (Å²) in [7, 11) is 0. The van der Waals surface area contributed by atoms with Crippen LogP contribution >= 0.6 is 0 Å². The summed E-state index contributed by atoms with van der Waals surface area (Å²) < 4.78 is 13.4. The Morgan fingerprint density at radius 1 is 1.50 bits per heavy atom. The number of piperazine rings is 1. The molecule has 6 nitrogen and oxygen atoms in total. The summed E-state index contributed by atoms with van der Waals surface area (Å²) in [6.07, 6.45) is 0.225. The third-order valence-electron chi connectivity index (χ3n) is 3.43. The minimum atomic E-state index is -0.852. The SMILES string of the molecule is N#CC[C@@H](c1ccc(F)c([N+](=O)[O-])c1)N1CCNCC1. The van der Waals surface area contributed by atoms with Crippen molar-refractivity contribution < 1.29 is 9.31 Å². The lowest BCUT2D eigenvalue weighted by Gasteiger charge is -2.34. The van der Waals surface area contributed by atoms with Gasteiger partial charge in [0.05, 0.1) is 17.4 Å². The molecular formula is C13H15FN4O2. The van der Waals surface area contributed by atoms with Crippen LogP contribution in [0.1, 0.15) is 18.0 Å². The van der Waals surface area contributed by atoms with Crippen LogP contribution in [0.15, 0.2) is 18.2 Å². The van der Waals surface area contributed by atoms with Gasteiger partial charge in [0.1, 0.15) is 0 Å². The molecule has 0 bridgehead atoms. The molecule has 0 radical (unpaired) electrons. The maximum absolute atomic E-state index is 13.4. The predicted octanol–water partition coefficient (Wildman–Crippen LogP) is 1.59. The highest BCUT2D eigenvalue weighted by molar-refractivity contribution is 5.38. The molecule has 1 saturated heterocycles. The summed E-state index contributed by atoms with van der Waals surface area (Å²) in [5, 5.41) is 23.0. The zero-order chi connectivity index (χ0) is 14.5. The normalized spacial score (nSPS) is 17.4. The molecule has 0 spiro atoms. The van der Waals surface area contributed by atoms with Gasteiger partial charge in [0.15, 0.2) is 0 Å². The number of nitrogens with one attached hydrogen (secondary N) is 1. The maximum Gasteiger partial charge on any atom is 0.305 e. The van der Waals surface area contributed by atoms with Crippen molar-refractivity contribution in [3.05, 3.63) is 39.7 Å². The molecule has 0 unspecified atom stereocenters. The Balaban J connectivity index is 2.31. The number of hydrogen-bond donors (Lipinski definition) is 1. The van der Waals surface area contributed by atoms with Crippen LogP contribution in [-0.2, 0) is 0 Å². The zero-order valence-corrected chi connectivity index (χ0v) is 10.9. The Bertz CT molecular complexity index is 538. The van der Waals surface area contributed by atoms with Gasteiger partial charge in [-0.2, -0.15) is 9.65 Å². The number of nitriles is 1. The van der Waals surface area contributed by atoms with Gasteiger partial charge in [-0.25, -0.2) is 0 Å². The van der Waals surface area contributed by atoms with E-state index < -0.39 is 16.4 Å². The third-order valence-corrected chi connectivity index (χ3v) is 3.43. The van der Waals surface area contributed by atoms with Gasteiger partial charge in [0.25, 0.3) is 0 Å². The molecule has 0 amide bonds. The van der Waals surface area contributed by atoms with E-state index in [1.165, 1.54) is 12.1 Å². The van der Waals surface area contributed by atoms with E-state index in [4.69, 9.17) is 5.26 Å². The number of rotatable bonds is 4. The molecule has 1 fully saturated rings.